The van der Waals surface area contributed by atoms with Gasteiger partial charge in [0.25, 0.3) is 0 Å². The molecule has 0 radical (unpaired) electrons. The predicted molar refractivity (Wildman–Crippen MR) is 45.0 cm³/mol. The number of piperidine rings is 1. The van der Waals surface area contributed by atoms with Crippen LogP contribution in [-0.4, -0.2) is 13.1 Å². The zero-order valence-electron chi connectivity index (χ0n) is 7.35. The summed E-state index contributed by atoms with van der Waals surface area (Å²) in [6.07, 6.45) is 2.21. The van der Waals surface area contributed by atoms with Crippen molar-refractivity contribution in [1.82, 2.24) is 5.32 Å². The summed E-state index contributed by atoms with van der Waals surface area (Å²) in [6.45, 7) is 6.23. The standard InChI is InChI=1S/C9H16N2/c1-8(2)9(6-10)4-3-5-11-7-9/h8,11H,3-5,7H2,1-2H3. The Hall–Kier alpha value is -0.550. The Kier molecular flexibility index (Phi) is 2.51. The van der Waals surface area contributed by atoms with Crippen LogP contribution in [0.1, 0.15) is 26.7 Å². The van der Waals surface area contributed by atoms with E-state index in [1.54, 1.807) is 0 Å². The predicted octanol–water partition coefficient (Wildman–Crippen LogP) is 1.54. The molecule has 0 aliphatic carbocycles. The summed E-state index contributed by atoms with van der Waals surface area (Å²) in [7, 11) is 0. The monoisotopic (exact) mass is 152 g/mol. The number of nitrogens with one attached hydrogen (secondary N) is 1. The maximum absolute atomic E-state index is 9.02. The topological polar surface area (TPSA) is 35.8 Å². The minimum atomic E-state index is -0.0851. The van der Waals surface area contributed by atoms with Crippen molar-refractivity contribution in [3.05, 3.63) is 0 Å². The van der Waals surface area contributed by atoms with Crippen LogP contribution in [0.2, 0.25) is 0 Å². The van der Waals surface area contributed by atoms with Gasteiger partial charge >= 0.3 is 0 Å². The second-order valence-electron chi connectivity index (χ2n) is 3.70. The zero-order chi connectivity index (χ0) is 8.32. The molecule has 0 spiro atoms. The zero-order valence-corrected chi connectivity index (χ0v) is 7.35. The molecule has 0 saturated carbocycles. The van der Waals surface area contributed by atoms with Crippen molar-refractivity contribution < 1.29 is 0 Å². The number of nitriles is 1. The van der Waals surface area contributed by atoms with Gasteiger partial charge in [-0.25, -0.2) is 0 Å². The lowest BCUT2D eigenvalue weighted by Gasteiger charge is -2.34. The summed E-state index contributed by atoms with van der Waals surface area (Å²) in [4.78, 5) is 0. The highest BCUT2D eigenvalue weighted by Gasteiger charge is 2.34. The summed E-state index contributed by atoms with van der Waals surface area (Å²) in [5, 5.41) is 12.3. The van der Waals surface area contributed by atoms with Gasteiger partial charge in [-0.05, 0) is 25.3 Å². The highest BCUT2D eigenvalue weighted by molar-refractivity contribution is 5.04. The van der Waals surface area contributed by atoms with Crippen molar-refractivity contribution in [2.45, 2.75) is 26.7 Å². The van der Waals surface area contributed by atoms with E-state index < -0.39 is 0 Å². The molecule has 1 aliphatic rings. The third-order valence-corrected chi connectivity index (χ3v) is 2.74. The Morgan fingerprint density at radius 3 is 2.55 bits per heavy atom. The van der Waals surface area contributed by atoms with Crippen molar-refractivity contribution >= 4 is 0 Å². The van der Waals surface area contributed by atoms with E-state index in [1.807, 2.05) is 0 Å². The fraction of sp³-hybridized carbons (Fsp3) is 0.889. The molecule has 1 atom stereocenters. The van der Waals surface area contributed by atoms with Crippen LogP contribution >= 0.6 is 0 Å². The van der Waals surface area contributed by atoms with Crippen molar-refractivity contribution in [3.8, 4) is 6.07 Å². The Labute approximate surface area is 68.6 Å². The lowest BCUT2D eigenvalue weighted by atomic mass is 9.73. The Balaban J connectivity index is 2.67. The van der Waals surface area contributed by atoms with Gasteiger partial charge in [0.2, 0.25) is 0 Å². The van der Waals surface area contributed by atoms with Gasteiger partial charge in [-0.3, -0.25) is 0 Å². The lowest BCUT2D eigenvalue weighted by Crippen LogP contribution is -2.42. The molecule has 1 aliphatic heterocycles. The average Bonchev–Trinajstić information content (AvgIpc) is 2.05. The summed E-state index contributed by atoms with van der Waals surface area (Å²) in [6, 6.07) is 2.45. The van der Waals surface area contributed by atoms with E-state index in [-0.39, 0.29) is 5.41 Å². The van der Waals surface area contributed by atoms with Gasteiger partial charge in [-0.2, -0.15) is 5.26 Å². The van der Waals surface area contributed by atoms with Crippen LogP contribution in [0.15, 0.2) is 0 Å². The highest BCUT2D eigenvalue weighted by Crippen LogP contribution is 2.33. The van der Waals surface area contributed by atoms with E-state index in [0.29, 0.717) is 5.92 Å². The van der Waals surface area contributed by atoms with E-state index in [0.717, 1.165) is 25.9 Å². The first kappa shape index (κ1) is 8.55. The van der Waals surface area contributed by atoms with E-state index in [9.17, 15) is 0 Å². The van der Waals surface area contributed by atoms with Crippen LogP contribution in [0.4, 0.5) is 0 Å². The van der Waals surface area contributed by atoms with Crippen LogP contribution in [0.3, 0.4) is 0 Å². The van der Waals surface area contributed by atoms with Gasteiger partial charge in [0, 0.05) is 6.54 Å². The molecule has 1 saturated heterocycles. The summed E-state index contributed by atoms with van der Waals surface area (Å²) in [5.74, 6) is 0.472. The van der Waals surface area contributed by atoms with Crippen LogP contribution in [0.25, 0.3) is 0 Å². The third kappa shape index (κ3) is 1.54. The molecule has 1 fully saturated rings. The van der Waals surface area contributed by atoms with Crippen molar-refractivity contribution in [2.75, 3.05) is 13.1 Å². The molecule has 0 aromatic heterocycles. The van der Waals surface area contributed by atoms with Crippen LogP contribution in [0, 0.1) is 22.7 Å². The number of nitrogens with zero attached hydrogens (tertiary/aromatic N) is 1. The minimum Gasteiger partial charge on any atom is -0.315 e. The fourth-order valence-electron chi connectivity index (χ4n) is 1.65. The van der Waals surface area contributed by atoms with Gasteiger partial charge < -0.3 is 5.32 Å². The normalized spacial score (nSPS) is 31.8. The van der Waals surface area contributed by atoms with Gasteiger partial charge in [0.1, 0.15) is 0 Å². The molecule has 1 rings (SSSR count). The van der Waals surface area contributed by atoms with Gasteiger partial charge in [-0.15, -0.1) is 0 Å². The SMILES string of the molecule is CC(C)C1(C#N)CCCNC1. The van der Waals surface area contributed by atoms with E-state index in [4.69, 9.17) is 5.26 Å². The second kappa shape index (κ2) is 3.23. The van der Waals surface area contributed by atoms with E-state index >= 15 is 0 Å². The maximum atomic E-state index is 9.02. The Bertz CT molecular complexity index is 161. The molecule has 2 heteroatoms. The summed E-state index contributed by atoms with van der Waals surface area (Å²) in [5.41, 5.74) is -0.0851. The molecule has 1 unspecified atom stereocenters. The molecule has 0 amide bonds. The van der Waals surface area contributed by atoms with Crippen LogP contribution < -0.4 is 5.32 Å². The molecular formula is C9H16N2. The molecule has 0 bridgehead atoms. The Morgan fingerprint density at radius 2 is 2.27 bits per heavy atom. The van der Waals surface area contributed by atoms with Crippen molar-refractivity contribution in [3.63, 3.8) is 0 Å². The first-order valence-corrected chi connectivity index (χ1v) is 4.33. The fourth-order valence-corrected chi connectivity index (χ4v) is 1.65. The van der Waals surface area contributed by atoms with Gasteiger partial charge in [0.15, 0.2) is 0 Å². The quantitative estimate of drug-likeness (QED) is 0.618. The molecule has 0 aromatic rings. The van der Waals surface area contributed by atoms with Crippen LogP contribution in [-0.2, 0) is 0 Å². The lowest BCUT2D eigenvalue weighted by molar-refractivity contribution is 0.208. The molecule has 2 nitrogen and oxygen atoms in total. The van der Waals surface area contributed by atoms with E-state index in [2.05, 4.69) is 25.2 Å². The van der Waals surface area contributed by atoms with Crippen molar-refractivity contribution in [2.24, 2.45) is 11.3 Å². The molecule has 0 aromatic carbocycles. The summed E-state index contributed by atoms with van der Waals surface area (Å²) < 4.78 is 0. The number of hydrogen-bond donors (Lipinski definition) is 1. The largest absolute Gasteiger partial charge is 0.315 e. The second-order valence-corrected chi connectivity index (χ2v) is 3.70. The average molecular weight is 152 g/mol. The smallest absolute Gasteiger partial charge is 0.0721 e. The van der Waals surface area contributed by atoms with Crippen molar-refractivity contribution in [1.29, 1.82) is 5.26 Å². The summed E-state index contributed by atoms with van der Waals surface area (Å²) >= 11 is 0. The molecule has 1 heterocycles. The number of hydrogen-bond acceptors (Lipinski definition) is 2. The first-order valence-electron chi connectivity index (χ1n) is 4.33. The Morgan fingerprint density at radius 1 is 1.55 bits per heavy atom. The first-order chi connectivity index (χ1) is 5.21. The third-order valence-electron chi connectivity index (χ3n) is 2.74. The minimum absolute atomic E-state index is 0.0851. The number of rotatable bonds is 1. The van der Waals surface area contributed by atoms with E-state index in [1.165, 1.54) is 0 Å². The molecule has 1 N–H and O–H groups in total. The van der Waals surface area contributed by atoms with Gasteiger partial charge in [0.05, 0.1) is 11.5 Å². The highest BCUT2D eigenvalue weighted by atomic mass is 14.9. The van der Waals surface area contributed by atoms with Crippen LogP contribution in [0.5, 0.6) is 0 Å². The molecule has 62 valence electrons. The molecule has 11 heavy (non-hydrogen) atoms. The van der Waals surface area contributed by atoms with Gasteiger partial charge in [-0.1, -0.05) is 13.8 Å². The molecular weight excluding hydrogens is 136 g/mol. The maximum Gasteiger partial charge on any atom is 0.0721 e.